The predicted molar refractivity (Wildman–Crippen MR) is 102 cm³/mol. The first-order valence-corrected chi connectivity index (χ1v) is 8.73. The lowest BCUT2D eigenvalue weighted by molar-refractivity contribution is -0.115. The number of allylic oxidation sites excluding steroid dienone is 5. The van der Waals surface area contributed by atoms with Crippen molar-refractivity contribution >= 4 is 17.5 Å². The zero-order chi connectivity index (χ0) is 20.2. The summed E-state index contributed by atoms with van der Waals surface area (Å²) in [5.74, 6) is -1.62. The van der Waals surface area contributed by atoms with Crippen LogP contribution in [-0.2, 0) is 14.3 Å². The molecule has 0 amide bonds. The summed E-state index contributed by atoms with van der Waals surface area (Å²) in [5, 5.41) is 10.5. The minimum absolute atomic E-state index is 0.128. The first-order valence-electron chi connectivity index (χ1n) is 8.73. The number of ether oxygens (including phenoxy) is 1. The topological polar surface area (TPSA) is 80.7 Å². The van der Waals surface area contributed by atoms with Gasteiger partial charge in [-0.15, -0.1) is 6.58 Å². The van der Waals surface area contributed by atoms with Gasteiger partial charge in [-0.2, -0.15) is 0 Å². The van der Waals surface area contributed by atoms with Gasteiger partial charge in [0.15, 0.2) is 11.6 Å². The second-order valence-corrected chi connectivity index (χ2v) is 7.15. The van der Waals surface area contributed by atoms with E-state index in [1.54, 1.807) is 37.3 Å². The maximum absolute atomic E-state index is 12.4. The van der Waals surface area contributed by atoms with Crippen molar-refractivity contribution in [2.75, 3.05) is 0 Å². The highest BCUT2D eigenvalue weighted by atomic mass is 16.6. The Bertz CT molecular complexity index is 809. The van der Waals surface area contributed by atoms with Crippen molar-refractivity contribution in [2.24, 2.45) is 5.92 Å². The van der Waals surface area contributed by atoms with E-state index in [0.717, 1.165) is 0 Å². The second-order valence-electron chi connectivity index (χ2n) is 7.15. The van der Waals surface area contributed by atoms with Crippen LogP contribution in [0.2, 0.25) is 0 Å². The molecule has 5 heteroatoms. The summed E-state index contributed by atoms with van der Waals surface area (Å²) in [4.78, 5) is 36.7. The third-order valence-corrected chi connectivity index (χ3v) is 4.51. The molecule has 0 bridgehead atoms. The molecule has 0 aromatic heterocycles. The van der Waals surface area contributed by atoms with Crippen LogP contribution in [0.1, 0.15) is 37.6 Å². The lowest BCUT2D eigenvalue weighted by Crippen LogP contribution is -2.41. The van der Waals surface area contributed by atoms with Gasteiger partial charge in [-0.25, -0.2) is 4.79 Å². The number of carbonyl (C=O) groups excluding carboxylic acids is 3. The zero-order valence-corrected chi connectivity index (χ0v) is 15.8. The van der Waals surface area contributed by atoms with E-state index < -0.39 is 23.6 Å². The van der Waals surface area contributed by atoms with Crippen LogP contribution >= 0.6 is 0 Å². The van der Waals surface area contributed by atoms with E-state index in [2.05, 4.69) is 6.58 Å². The Morgan fingerprint density at radius 2 is 1.81 bits per heavy atom. The maximum Gasteiger partial charge on any atom is 0.338 e. The molecule has 1 aliphatic carbocycles. The quantitative estimate of drug-likeness (QED) is 0.454. The van der Waals surface area contributed by atoms with Crippen LogP contribution in [0.4, 0.5) is 0 Å². The molecular weight excluding hydrogens is 344 g/mol. The Labute approximate surface area is 159 Å². The number of hydrogen-bond acceptors (Lipinski definition) is 5. The van der Waals surface area contributed by atoms with Crippen LogP contribution < -0.4 is 0 Å². The Morgan fingerprint density at radius 3 is 2.37 bits per heavy atom. The van der Waals surface area contributed by atoms with Crippen molar-refractivity contribution in [1.82, 2.24) is 0 Å². The second kappa shape index (κ2) is 8.27. The molecule has 0 spiro atoms. The van der Waals surface area contributed by atoms with Crippen LogP contribution in [0.3, 0.4) is 0 Å². The minimum Gasteiger partial charge on any atom is -0.456 e. The fourth-order valence-electron chi connectivity index (χ4n) is 2.80. The lowest BCUT2D eigenvalue weighted by Gasteiger charge is -2.32. The molecule has 0 radical (unpaired) electrons. The molecule has 1 aliphatic rings. The number of rotatable bonds is 7. The molecule has 0 heterocycles. The molecule has 27 heavy (non-hydrogen) atoms. The average molecular weight is 368 g/mol. The minimum atomic E-state index is -1.35. The van der Waals surface area contributed by atoms with Gasteiger partial charge >= 0.3 is 5.97 Å². The van der Waals surface area contributed by atoms with E-state index in [1.807, 2.05) is 0 Å². The molecule has 1 aromatic carbocycles. The third kappa shape index (κ3) is 5.11. The van der Waals surface area contributed by atoms with E-state index >= 15 is 0 Å². The van der Waals surface area contributed by atoms with Gasteiger partial charge in [-0.05, 0) is 51.5 Å². The van der Waals surface area contributed by atoms with Crippen LogP contribution in [-0.4, -0.2) is 34.3 Å². The van der Waals surface area contributed by atoms with E-state index in [-0.39, 0.29) is 23.6 Å². The fraction of sp³-hybridized carbons (Fsp3) is 0.318. The summed E-state index contributed by atoms with van der Waals surface area (Å²) >= 11 is 0. The average Bonchev–Trinajstić information content (AvgIpc) is 2.61. The standard InChI is InChI=1S/C22H24O5/c1-5-15(17-13-18(23)14(2)11-19(17)24)12-20(22(3,4)26)27-21(25)16-9-7-6-8-10-16/h5-11,13,15,20,26H,1,12H2,2-4H3. The highest BCUT2D eigenvalue weighted by molar-refractivity contribution is 6.20. The molecule has 1 aromatic rings. The molecule has 2 atom stereocenters. The molecule has 2 unspecified atom stereocenters. The first-order chi connectivity index (χ1) is 12.6. The van der Waals surface area contributed by atoms with Crippen LogP contribution in [0.15, 0.2) is 66.3 Å². The van der Waals surface area contributed by atoms with E-state index in [4.69, 9.17) is 4.74 Å². The predicted octanol–water partition coefficient (Wildman–Crippen LogP) is 3.20. The zero-order valence-electron chi connectivity index (χ0n) is 15.8. The third-order valence-electron chi connectivity index (χ3n) is 4.51. The smallest absolute Gasteiger partial charge is 0.338 e. The van der Waals surface area contributed by atoms with E-state index in [0.29, 0.717) is 11.1 Å². The molecular formula is C22H24O5. The molecule has 2 rings (SSSR count). The molecule has 142 valence electrons. The fourth-order valence-corrected chi connectivity index (χ4v) is 2.80. The Balaban J connectivity index is 2.23. The summed E-state index contributed by atoms with van der Waals surface area (Å²) in [7, 11) is 0. The number of ketones is 2. The molecule has 0 saturated heterocycles. The Hall–Kier alpha value is -2.79. The summed E-state index contributed by atoms with van der Waals surface area (Å²) < 4.78 is 5.53. The van der Waals surface area contributed by atoms with Gasteiger partial charge in [0.1, 0.15) is 6.10 Å². The largest absolute Gasteiger partial charge is 0.456 e. The van der Waals surface area contributed by atoms with Crippen molar-refractivity contribution in [1.29, 1.82) is 0 Å². The van der Waals surface area contributed by atoms with E-state index in [1.165, 1.54) is 32.1 Å². The molecule has 0 aliphatic heterocycles. The van der Waals surface area contributed by atoms with Crippen molar-refractivity contribution in [2.45, 2.75) is 38.9 Å². The van der Waals surface area contributed by atoms with Gasteiger partial charge in [0, 0.05) is 17.1 Å². The monoisotopic (exact) mass is 368 g/mol. The molecule has 5 nitrogen and oxygen atoms in total. The van der Waals surface area contributed by atoms with Gasteiger partial charge in [0.05, 0.1) is 11.2 Å². The van der Waals surface area contributed by atoms with Crippen molar-refractivity contribution < 1.29 is 24.2 Å². The summed E-state index contributed by atoms with van der Waals surface area (Å²) in [6.45, 7) is 8.38. The molecule has 1 N–H and O–H groups in total. The number of aliphatic hydroxyl groups is 1. The van der Waals surface area contributed by atoms with Crippen molar-refractivity contribution in [3.8, 4) is 0 Å². The van der Waals surface area contributed by atoms with Gasteiger partial charge in [-0.3, -0.25) is 9.59 Å². The first kappa shape index (κ1) is 20.5. The van der Waals surface area contributed by atoms with Gasteiger partial charge in [0.25, 0.3) is 0 Å². The molecule has 0 fully saturated rings. The van der Waals surface area contributed by atoms with Crippen molar-refractivity contribution in [3.63, 3.8) is 0 Å². The highest BCUT2D eigenvalue weighted by Gasteiger charge is 2.35. The number of esters is 1. The summed E-state index contributed by atoms with van der Waals surface area (Å²) in [6.07, 6.45) is 3.35. The van der Waals surface area contributed by atoms with Crippen LogP contribution in [0.5, 0.6) is 0 Å². The van der Waals surface area contributed by atoms with E-state index in [9.17, 15) is 19.5 Å². The number of hydrogen-bond donors (Lipinski definition) is 1. The van der Waals surface area contributed by atoms with Crippen LogP contribution in [0.25, 0.3) is 0 Å². The van der Waals surface area contributed by atoms with Gasteiger partial charge in [0.2, 0.25) is 0 Å². The van der Waals surface area contributed by atoms with Crippen LogP contribution in [0, 0.1) is 5.92 Å². The lowest BCUT2D eigenvalue weighted by atomic mass is 9.82. The van der Waals surface area contributed by atoms with Crippen molar-refractivity contribution in [3.05, 3.63) is 71.8 Å². The SMILES string of the molecule is C=CC(CC(OC(=O)c1ccccc1)C(C)(C)O)C1=CC(=O)C(C)=CC1=O. The number of carbonyl (C=O) groups is 3. The van der Waals surface area contributed by atoms with Gasteiger partial charge < -0.3 is 9.84 Å². The maximum atomic E-state index is 12.4. The van der Waals surface area contributed by atoms with Gasteiger partial charge in [-0.1, -0.05) is 24.3 Å². The molecule has 0 saturated carbocycles. The number of benzene rings is 1. The Morgan fingerprint density at radius 1 is 1.19 bits per heavy atom. The Kier molecular flexibility index (Phi) is 6.28. The normalized spacial score (nSPS) is 16.9. The summed E-state index contributed by atoms with van der Waals surface area (Å²) in [6, 6.07) is 8.45. The summed E-state index contributed by atoms with van der Waals surface area (Å²) in [5.41, 5.74) is -0.324. The highest BCUT2D eigenvalue weighted by Crippen LogP contribution is 2.29.